The fraction of sp³-hybridized carbons (Fsp3) is 0.500. The van der Waals surface area contributed by atoms with Gasteiger partial charge in [0, 0.05) is 17.1 Å². The maximum Gasteiger partial charge on any atom is 0.124 e. The molecule has 0 saturated carbocycles. The highest BCUT2D eigenvalue weighted by Crippen LogP contribution is 2.23. The van der Waals surface area contributed by atoms with Crippen molar-refractivity contribution in [3.05, 3.63) is 34.1 Å². The molecule has 0 bridgehead atoms. The monoisotopic (exact) mass is 289 g/mol. The zero-order valence-corrected chi connectivity index (χ0v) is 11.2. The van der Waals surface area contributed by atoms with Gasteiger partial charge in [0.1, 0.15) is 5.82 Å². The van der Waals surface area contributed by atoms with Gasteiger partial charge in [-0.1, -0.05) is 28.9 Å². The van der Waals surface area contributed by atoms with E-state index in [9.17, 15) is 4.39 Å². The van der Waals surface area contributed by atoms with Gasteiger partial charge in [-0.15, -0.1) is 0 Å². The summed E-state index contributed by atoms with van der Waals surface area (Å²) in [4.78, 5) is 0. The number of halogens is 2. The molecule has 0 aliphatic heterocycles. The predicted molar refractivity (Wildman–Crippen MR) is 66.9 cm³/mol. The van der Waals surface area contributed by atoms with Crippen LogP contribution in [0.25, 0.3) is 0 Å². The van der Waals surface area contributed by atoms with Crippen LogP contribution in [0.5, 0.6) is 0 Å². The summed E-state index contributed by atoms with van der Waals surface area (Å²) in [7, 11) is 1.64. The third-order valence-electron chi connectivity index (χ3n) is 2.69. The summed E-state index contributed by atoms with van der Waals surface area (Å²) in [5.74, 6) is -0.249. The van der Waals surface area contributed by atoms with Gasteiger partial charge in [0.05, 0.1) is 6.61 Å². The second kappa shape index (κ2) is 5.75. The van der Waals surface area contributed by atoms with E-state index in [1.54, 1.807) is 13.2 Å². The van der Waals surface area contributed by atoms with Crippen LogP contribution in [0.1, 0.15) is 18.9 Å². The maximum absolute atomic E-state index is 12.9. The molecule has 0 heterocycles. The fourth-order valence-electron chi connectivity index (χ4n) is 1.61. The van der Waals surface area contributed by atoms with Crippen molar-refractivity contribution >= 4 is 15.9 Å². The number of ether oxygens (including phenoxy) is 1. The molecule has 1 aromatic rings. The van der Waals surface area contributed by atoms with E-state index in [1.165, 1.54) is 12.1 Å². The Bertz CT molecular complexity index is 359. The molecule has 2 N–H and O–H groups in total. The highest BCUT2D eigenvalue weighted by atomic mass is 79.9. The van der Waals surface area contributed by atoms with Gasteiger partial charge in [0.25, 0.3) is 0 Å². The van der Waals surface area contributed by atoms with Crippen molar-refractivity contribution in [1.29, 1.82) is 0 Å². The largest absolute Gasteiger partial charge is 0.383 e. The second-order valence-corrected chi connectivity index (χ2v) is 4.92. The molecule has 0 aliphatic carbocycles. The highest BCUT2D eigenvalue weighted by Gasteiger charge is 2.24. The van der Waals surface area contributed by atoms with E-state index < -0.39 is 5.54 Å². The summed E-state index contributed by atoms with van der Waals surface area (Å²) < 4.78 is 18.8. The second-order valence-electron chi connectivity index (χ2n) is 4.06. The smallest absolute Gasteiger partial charge is 0.124 e. The number of hydrogen-bond donors (Lipinski definition) is 1. The summed E-state index contributed by atoms with van der Waals surface area (Å²) in [5, 5.41) is 0. The van der Waals surface area contributed by atoms with Crippen LogP contribution >= 0.6 is 15.9 Å². The molecule has 0 saturated heterocycles. The summed E-state index contributed by atoms with van der Waals surface area (Å²) in [6.07, 6.45) is 1.48. The number of benzene rings is 1. The van der Waals surface area contributed by atoms with E-state index in [-0.39, 0.29) is 5.82 Å². The van der Waals surface area contributed by atoms with Gasteiger partial charge >= 0.3 is 0 Å². The number of rotatable bonds is 5. The molecule has 1 atom stereocenters. The minimum absolute atomic E-state index is 0.249. The molecule has 0 fully saturated rings. The average molecular weight is 290 g/mol. The maximum atomic E-state index is 12.9. The molecule has 0 amide bonds. The molecular weight excluding hydrogens is 273 g/mol. The van der Waals surface area contributed by atoms with Crippen molar-refractivity contribution in [2.75, 3.05) is 13.7 Å². The van der Waals surface area contributed by atoms with Crippen molar-refractivity contribution < 1.29 is 9.13 Å². The van der Waals surface area contributed by atoms with Gasteiger partial charge in [-0.25, -0.2) is 4.39 Å². The molecule has 0 aromatic heterocycles. The van der Waals surface area contributed by atoms with E-state index in [1.807, 2.05) is 6.92 Å². The zero-order valence-electron chi connectivity index (χ0n) is 9.59. The lowest BCUT2D eigenvalue weighted by atomic mass is 9.90. The lowest BCUT2D eigenvalue weighted by molar-refractivity contribution is 0.129. The quantitative estimate of drug-likeness (QED) is 0.905. The van der Waals surface area contributed by atoms with E-state index in [0.29, 0.717) is 13.0 Å². The first-order valence-electron chi connectivity index (χ1n) is 5.22. The van der Waals surface area contributed by atoms with Crippen LogP contribution in [0, 0.1) is 5.82 Å². The van der Waals surface area contributed by atoms with Gasteiger partial charge in [-0.3, -0.25) is 0 Å². The van der Waals surface area contributed by atoms with Crippen LogP contribution in [0.4, 0.5) is 4.39 Å². The summed E-state index contributed by atoms with van der Waals surface area (Å²) in [6, 6.07) is 4.66. The van der Waals surface area contributed by atoms with Crippen LogP contribution in [0.15, 0.2) is 22.7 Å². The minimum atomic E-state index is -0.394. The van der Waals surface area contributed by atoms with Crippen LogP contribution in [-0.2, 0) is 11.2 Å². The fourth-order valence-corrected chi connectivity index (χ4v) is 2.10. The molecular formula is C12H17BrFNO. The summed E-state index contributed by atoms with van der Waals surface area (Å²) in [6.45, 7) is 2.52. The SMILES string of the molecule is CCC(N)(COC)Cc1ccc(F)cc1Br. The highest BCUT2D eigenvalue weighted by molar-refractivity contribution is 9.10. The van der Waals surface area contributed by atoms with E-state index >= 15 is 0 Å². The Labute approximate surface area is 104 Å². The summed E-state index contributed by atoms with van der Waals surface area (Å²) in [5.41, 5.74) is 6.82. The number of methoxy groups -OCH3 is 1. The Morgan fingerprint density at radius 2 is 2.19 bits per heavy atom. The van der Waals surface area contributed by atoms with Gasteiger partial charge < -0.3 is 10.5 Å². The standard InChI is InChI=1S/C12H17BrFNO/c1-3-12(15,8-16-2)7-9-4-5-10(14)6-11(9)13/h4-6H,3,7-8,15H2,1-2H3. The Balaban J connectivity index is 2.85. The van der Waals surface area contributed by atoms with Gasteiger partial charge in [-0.2, -0.15) is 0 Å². The first-order valence-corrected chi connectivity index (χ1v) is 6.02. The van der Waals surface area contributed by atoms with Gasteiger partial charge in [0.15, 0.2) is 0 Å². The Kier molecular flexibility index (Phi) is 4.89. The number of hydrogen-bond acceptors (Lipinski definition) is 2. The van der Waals surface area contributed by atoms with Crippen LogP contribution in [-0.4, -0.2) is 19.3 Å². The molecule has 16 heavy (non-hydrogen) atoms. The first kappa shape index (κ1) is 13.6. The van der Waals surface area contributed by atoms with E-state index in [2.05, 4.69) is 15.9 Å². The molecule has 1 aromatic carbocycles. The number of nitrogens with two attached hydrogens (primary N) is 1. The Hall–Kier alpha value is -0.450. The molecule has 1 rings (SSSR count). The van der Waals surface area contributed by atoms with E-state index in [0.717, 1.165) is 16.5 Å². The first-order chi connectivity index (χ1) is 7.50. The lowest BCUT2D eigenvalue weighted by Gasteiger charge is -2.27. The third kappa shape index (κ3) is 3.54. The van der Waals surface area contributed by atoms with Crippen LogP contribution in [0.2, 0.25) is 0 Å². The Morgan fingerprint density at radius 1 is 1.50 bits per heavy atom. The van der Waals surface area contributed by atoms with Crippen molar-refractivity contribution in [3.63, 3.8) is 0 Å². The predicted octanol–water partition coefficient (Wildman–Crippen LogP) is 2.88. The van der Waals surface area contributed by atoms with Crippen LogP contribution < -0.4 is 5.73 Å². The molecule has 90 valence electrons. The van der Waals surface area contributed by atoms with Crippen molar-refractivity contribution in [3.8, 4) is 0 Å². The van der Waals surface area contributed by atoms with Gasteiger partial charge in [-0.05, 0) is 30.5 Å². The van der Waals surface area contributed by atoms with E-state index in [4.69, 9.17) is 10.5 Å². The molecule has 0 aliphatic rings. The molecule has 4 heteroatoms. The molecule has 0 radical (unpaired) electrons. The van der Waals surface area contributed by atoms with Crippen LogP contribution in [0.3, 0.4) is 0 Å². The molecule has 2 nitrogen and oxygen atoms in total. The topological polar surface area (TPSA) is 35.2 Å². The lowest BCUT2D eigenvalue weighted by Crippen LogP contribution is -2.45. The summed E-state index contributed by atoms with van der Waals surface area (Å²) >= 11 is 3.34. The minimum Gasteiger partial charge on any atom is -0.383 e. The molecule has 1 unspecified atom stereocenters. The zero-order chi connectivity index (χ0) is 12.2. The van der Waals surface area contributed by atoms with Crippen molar-refractivity contribution in [2.24, 2.45) is 5.73 Å². The van der Waals surface area contributed by atoms with Crippen molar-refractivity contribution in [2.45, 2.75) is 25.3 Å². The average Bonchev–Trinajstić information content (AvgIpc) is 2.23. The third-order valence-corrected chi connectivity index (χ3v) is 3.43. The molecule has 0 spiro atoms. The van der Waals surface area contributed by atoms with Crippen molar-refractivity contribution in [1.82, 2.24) is 0 Å². The Morgan fingerprint density at radius 3 is 2.69 bits per heavy atom. The normalized spacial score (nSPS) is 14.8. The van der Waals surface area contributed by atoms with Gasteiger partial charge in [0.2, 0.25) is 0 Å².